The molecular formula is C19H20ClNO5S. The van der Waals surface area contributed by atoms with Gasteiger partial charge in [-0.05, 0) is 30.3 Å². The third-order valence-corrected chi connectivity index (χ3v) is 4.92. The molecule has 0 spiro atoms. The van der Waals surface area contributed by atoms with Crippen LogP contribution < -0.4 is 5.32 Å². The molecule has 2 N–H and O–H groups in total. The molecule has 144 valence electrons. The van der Waals surface area contributed by atoms with Crippen LogP contribution in [0, 0.1) is 5.41 Å². The van der Waals surface area contributed by atoms with Crippen LogP contribution >= 0.6 is 22.9 Å². The van der Waals surface area contributed by atoms with Gasteiger partial charge in [-0.2, -0.15) is 0 Å². The van der Waals surface area contributed by atoms with Crippen LogP contribution in [0.15, 0.2) is 30.3 Å². The summed E-state index contributed by atoms with van der Waals surface area (Å²) in [5.41, 5.74) is -0.555. The number of nitrogens with one attached hydrogen (secondary N) is 1. The second-order valence-corrected chi connectivity index (χ2v) is 8.46. The van der Waals surface area contributed by atoms with Crippen LogP contribution in [-0.4, -0.2) is 29.4 Å². The molecule has 1 amide bonds. The number of amides is 1. The summed E-state index contributed by atoms with van der Waals surface area (Å²) in [4.78, 5) is 37.3. The number of rotatable bonds is 6. The number of halogens is 1. The van der Waals surface area contributed by atoms with Crippen molar-refractivity contribution in [3.05, 3.63) is 50.7 Å². The van der Waals surface area contributed by atoms with Crippen molar-refractivity contribution in [3.63, 3.8) is 0 Å². The predicted octanol–water partition coefficient (Wildman–Crippen LogP) is 3.81. The fraction of sp³-hybridized carbons (Fsp3) is 0.316. The van der Waals surface area contributed by atoms with Crippen LogP contribution in [-0.2, 0) is 16.1 Å². The van der Waals surface area contributed by atoms with Gasteiger partial charge in [0.25, 0.3) is 0 Å². The Kier molecular flexibility index (Phi) is 6.62. The highest BCUT2D eigenvalue weighted by Crippen LogP contribution is 2.23. The Balaban J connectivity index is 1.90. The van der Waals surface area contributed by atoms with Gasteiger partial charge in [0.2, 0.25) is 11.7 Å². The summed E-state index contributed by atoms with van der Waals surface area (Å²) in [6.45, 7) is 5.33. The van der Waals surface area contributed by atoms with Gasteiger partial charge >= 0.3 is 5.97 Å². The van der Waals surface area contributed by atoms with Crippen LogP contribution in [0.3, 0.4) is 0 Å². The molecule has 1 aromatic carbocycles. The monoisotopic (exact) mass is 409 g/mol. The molecule has 0 bridgehead atoms. The van der Waals surface area contributed by atoms with Crippen LogP contribution in [0.5, 0.6) is 5.75 Å². The Morgan fingerprint density at radius 2 is 1.89 bits per heavy atom. The van der Waals surface area contributed by atoms with Gasteiger partial charge in [0, 0.05) is 15.3 Å². The van der Waals surface area contributed by atoms with E-state index >= 15 is 0 Å². The highest BCUT2D eigenvalue weighted by Gasteiger charge is 2.21. The number of thiophene rings is 1. The zero-order valence-corrected chi connectivity index (χ0v) is 16.7. The van der Waals surface area contributed by atoms with Crippen LogP contribution in [0.1, 0.15) is 45.7 Å². The second kappa shape index (κ2) is 8.54. The first-order valence-electron chi connectivity index (χ1n) is 8.14. The summed E-state index contributed by atoms with van der Waals surface area (Å²) in [5.74, 6) is -1.57. The van der Waals surface area contributed by atoms with Gasteiger partial charge in [-0.1, -0.05) is 32.4 Å². The maximum atomic E-state index is 12.2. The number of phenols is 1. The number of benzene rings is 1. The van der Waals surface area contributed by atoms with E-state index in [-0.39, 0.29) is 28.0 Å². The van der Waals surface area contributed by atoms with Crippen LogP contribution in [0.25, 0.3) is 0 Å². The van der Waals surface area contributed by atoms with Crippen molar-refractivity contribution >= 4 is 40.6 Å². The van der Waals surface area contributed by atoms with Gasteiger partial charge in [0.05, 0.1) is 11.4 Å². The maximum Gasteiger partial charge on any atom is 0.342 e. The number of ether oxygens (including phenoxy) is 1. The molecule has 6 nitrogen and oxygen atoms in total. The number of carbonyl (C=O) groups excluding carboxylic acids is 3. The minimum atomic E-state index is -0.813. The van der Waals surface area contributed by atoms with E-state index in [0.29, 0.717) is 11.4 Å². The van der Waals surface area contributed by atoms with E-state index in [0.717, 1.165) is 4.88 Å². The normalized spacial score (nSPS) is 11.1. The highest BCUT2D eigenvalue weighted by molar-refractivity contribution is 7.14. The van der Waals surface area contributed by atoms with Crippen molar-refractivity contribution in [1.82, 2.24) is 5.32 Å². The third kappa shape index (κ3) is 5.80. The summed E-state index contributed by atoms with van der Waals surface area (Å²) in [6.07, 6.45) is 0. The van der Waals surface area contributed by atoms with Gasteiger partial charge in [0.15, 0.2) is 6.61 Å². The number of esters is 1. The summed E-state index contributed by atoms with van der Waals surface area (Å²) in [5, 5.41) is 12.8. The standard InChI is InChI=1S/C19H20ClNO5S/c1-19(2,3)18(25)21-9-12-5-7-16(27-12)15(23)10-26-17(24)13-6-4-11(20)8-14(13)22/h4-8,22H,9-10H2,1-3H3,(H,21,25). The fourth-order valence-corrected chi connectivity index (χ4v) is 3.05. The smallest absolute Gasteiger partial charge is 0.342 e. The van der Waals surface area contributed by atoms with E-state index in [4.69, 9.17) is 16.3 Å². The summed E-state index contributed by atoms with van der Waals surface area (Å²) in [6, 6.07) is 7.35. The minimum absolute atomic E-state index is 0.0658. The molecule has 0 unspecified atom stereocenters. The lowest BCUT2D eigenvalue weighted by molar-refractivity contribution is -0.128. The van der Waals surface area contributed by atoms with E-state index in [1.54, 1.807) is 12.1 Å². The first-order chi connectivity index (χ1) is 12.6. The highest BCUT2D eigenvalue weighted by atomic mass is 35.5. The van der Waals surface area contributed by atoms with Crippen molar-refractivity contribution < 1.29 is 24.2 Å². The van der Waals surface area contributed by atoms with E-state index in [2.05, 4.69) is 5.32 Å². The zero-order valence-electron chi connectivity index (χ0n) is 15.2. The van der Waals surface area contributed by atoms with Crippen LogP contribution in [0.2, 0.25) is 5.02 Å². The third-order valence-electron chi connectivity index (χ3n) is 3.55. The Bertz CT molecular complexity index is 869. The molecule has 1 heterocycles. The molecular weight excluding hydrogens is 390 g/mol. The Hall–Kier alpha value is -2.38. The van der Waals surface area contributed by atoms with Crippen LogP contribution in [0.4, 0.5) is 0 Å². The molecule has 1 aromatic heterocycles. The molecule has 2 aromatic rings. The number of carbonyl (C=O) groups is 3. The van der Waals surface area contributed by atoms with Gasteiger partial charge in [-0.25, -0.2) is 4.79 Å². The van der Waals surface area contributed by atoms with Crippen molar-refractivity contribution in [3.8, 4) is 5.75 Å². The van der Waals surface area contributed by atoms with Gasteiger partial charge < -0.3 is 15.2 Å². The minimum Gasteiger partial charge on any atom is -0.507 e. The largest absolute Gasteiger partial charge is 0.507 e. The fourth-order valence-electron chi connectivity index (χ4n) is 2.01. The molecule has 0 atom stereocenters. The lowest BCUT2D eigenvalue weighted by Crippen LogP contribution is -2.34. The lowest BCUT2D eigenvalue weighted by Gasteiger charge is -2.17. The average Bonchev–Trinajstić information content (AvgIpc) is 3.05. The van der Waals surface area contributed by atoms with Crippen molar-refractivity contribution in [1.29, 1.82) is 0 Å². The molecule has 27 heavy (non-hydrogen) atoms. The Morgan fingerprint density at radius 3 is 2.52 bits per heavy atom. The number of hydrogen-bond acceptors (Lipinski definition) is 6. The summed E-state index contributed by atoms with van der Waals surface area (Å²) in [7, 11) is 0. The molecule has 0 aliphatic heterocycles. The van der Waals surface area contributed by atoms with E-state index < -0.39 is 18.0 Å². The molecule has 0 saturated heterocycles. The van der Waals surface area contributed by atoms with E-state index in [1.807, 2.05) is 20.8 Å². The molecule has 8 heteroatoms. The molecule has 0 aliphatic rings. The first-order valence-corrected chi connectivity index (χ1v) is 9.33. The van der Waals surface area contributed by atoms with E-state index in [1.165, 1.54) is 29.5 Å². The molecule has 2 rings (SSSR count). The van der Waals surface area contributed by atoms with Crippen molar-refractivity contribution in [2.45, 2.75) is 27.3 Å². The zero-order chi connectivity index (χ0) is 20.2. The first kappa shape index (κ1) is 20.9. The Labute approximate surface area is 166 Å². The van der Waals surface area contributed by atoms with Gasteiger partial charge in [-0.15, -0.1) is 11.3 Å². The maximum absolute atomic E-state index is 12.2. The molecule has 0 fully saturated rings. The number of aromatic hydroxyl groups is 1. The lowest BCUT2D eigenvalue weighted by atomic mass is 9.96. The Morgan fingerprint density at radius 1 is 1.19 bits per heavy atom. The summed E-state index contributed by atoms with van der Waals surface area (Å²) < 4.78 is 4.96. The summed E-state index contributed by atoms with van der Waals surface area (Å²) >= 11 is 6.93. The molecule has 0 saturated carbocycles. The van der Waals surface area contributed by atoms with Gasteiger partial charge in [0.1, 0.15) is 11.3 Å². The SMILES string of the molecule is CC(C)(C)C(=O)NCc1ccc(C(=O)COC(=O)c2ccc(Cl)cc2O)s1. The molecule has 0 radical (unpaired) electrons. The molecule has 0 aliphatic carbocycles. The quantitative estimate of drug-likeness (QED) is 0.559. The van der Waals surface area contributed by atoms with E-state index in [9.17, 15) is 19.5 Å². The average molecular weight is 410 g/mol. The topological polar surface area (TPSA) is 92.7 Å². The number of phenolic OH excluding ortho intramolecular Hbond substituents is 1. The number of Topliss-reactive ketones (excluding diaryl/α,β-unsaturated/α-hetero) is 1. The van der Waals surface area contributed by atoms with Crippen molar-refractivity contribution in [2.24, 2.45) is 5.41 Å². The predicted molar refractivity (Wildman–Crippen MR) is 103 cm³/mol. The van der Waals surface area contributed by atoms with Gasteiger partial charge in [-0.3, -0.25) is 9.59 Å². The number of ketones is 1. The number of hydrogen-bond donors (Lipinski definition) is 2. The second-order valence-electron chi connectivity index (χ2n) is 6.86. The van der Waals surface area contributed by atoms with Crippen molar-refractivity contribution in [2.75, 3.05) is 6.61 Å².